The van der Waals surface area contributed by atoms with E-state index in [0.29, 0.717) is 6.04 Å². The lowest BCUT2D eigenvalue weighted by atomic mass is 10.0. The Morgan fingerprint density at radius 1 is 1.25 bits per heavy atom. The van der Waals surface area contributed by atoms with E-state index in [0.717, 1.165) is 13.1 Å². The van der Waals surface area contributed by atoms with E-state index < -0.39 is 0 Å². The zero-order valence-corrected chi connectivity index (χ0v) is 13.8. The summed E-state index contributed by atoms with van der Waals surface area (Å²) in [5.74, 6) is 0.244. The van der Waals surface area contributed by atoms with Crippen molar-refractivity contribution in [2.45, 2.75) is 38.8 Å². The van der Waals surface area contributed by atoms with Crippen LogP contribution in [-0.2, 0) is 4.79 Å². The fourth-order valence-electron chi connectivity index (χ4n) is 2.58. The average molecular weight is 284 g/mol. The van der Waals surface area contributed by atoms with Crippen molar-refractivity contribution in [1.82, 2.24) is 14.7 Å². The maximum Gasteiger partial charge on any atom is 0.239 e. The number of piperidine rings is 1. The minimum Gasteiger partial charge on any atom is -0.343 e. The minimum absolute atomic E-state index is 0.0526. The highest BCUT2D eigenvalue weighted by Gasteiger charge is 2.23. The molecule has 0 aromatic rings. The van der Waals surface area contributed by atoms with E-state index >= 15 is 0 Å². The lowest BCUT2D eigenvalue weighted by Gasteiger charge is -2.36. The molecule has 0 aromatic carbocycles. The SMILES string of the molecule is CC(C)[C@H](N)C(=O)N(C)CCN(C)C1CCN(C)CC1. The maximum atomic E-state index is 12.1. The smallest absolute Gasteiger partial charge is 0.239 e. The fourth-order valence-corrected chi connectivity index (χ4v) is 2.58. The van der Waals surface area contributed by atoms with Crippen LogP contribution >= 0.6 is 0 Å². The number of carbonyl (C=O) groups is 1. The van der Waals surface area contributed by atoms with Gasteiger partial charge in [-0.05, 0) is 45.9 Å². The summed E-state index contributed by atoms with van der Waals surface area (Å²) in [4.78, 5) is 18.6. The third-order valence-corrected chi connectivity index (χ3v) is 4.48. The van der Waals surface area contributed by atoms with Gasteiger partial charge in [0.2, 0.25) is 5.91 Å². The number of likely N-dealkylation sites (tertiary alicyclic amines) is 1. The Bertz CT molecular complexity index is 300. The molecule has 1 atom stereocenters. The van der Waals surface area contributed by atoms with Gasteiger partial charge in [0.05, 0.1) is 6.04 Å². The predicted octanol–water partition coefficient (Wildman–Crippen LogP) is 0.454. The fraction of sp³-hybridized carbons (Fsp3) is 0.933. The van der Waals surface area contributed by atoms with Crippen LogP contribution in [0.15, 0.2) is 0 Å². The van der Waals surface area contributed by atoms with Gasteiger partial charge in [-0.3, -0.25) is 4.79 Å². The van der Waals surface area contributed by atoms with Crippen LogP contribution in [0, 0.1) is 5.92 Å². The van der Waals surface area contributed by atoms with E-state index in [4.69, 9.17) is 5.73 Å². The lowest BCUT2D eigenvalue weighted by Crippen LogP contribution is -2.48. The zero-order chi connectivity index (χ0) is 15.3. The molecule has 1 aliphatic rings. The molecule has 0 aliphatic carbocycles. The van der Waals surface area contributed by atoms with Crippen LogP contribution in [0.2, 0.25) is 0 Å². The molecule has 5 heteroatoms. The topological polar surface area (TPSA) is 52.8 Å². The number of likely N-dealkylation sites (N-methyl/N-ethyl adjacent to an activating group) is 2. The Kier molecular flexibility index (Phi) is 6.92. The zero-order valence-electron chi connectivity index (χ0n) is 13.8. The molecule has 0 spiro atoms. The first kappa shape index (κ1) is 17.4. The number of rotatable bonds is 6. The van der Waals surface area contributed by atoms with Crippen molar-refractivity contribution in [3.8, 4) is 0 Å². The minimum atomic E-state index is -0.381. The highest BCUT2D eigenvalue weighted by molar-refractivity contribution is 5.81. The Labute approximate surface area is 124 Å². The van der Waals surface area contributed by atoms with E-state index in [1.54, 1.807) is 4.90 Å². The van der Waals surface area contributed by atoms with Crippen LogP contribution < -0.4 is 5.73 Å². The van der Waals surface area contributed by atoms with E-state index in [-0.39, 0.29) is 17.9 Å². The second-order valence-electron chi connectivity index (χ2n) is 6.54. The summed E-state index contributed by atoms with van der Waals surface area (Å²) < 4.78 is 0. The van der Waals surface area contributed by atoms with Crippen LogP contribution in [0.1, 0.15) is 26.7 Å². The molecule has 0 radical (unpaired) electrons. The average Bonchev–Trinajstić information content (AvgIpc) is 2.43. The Morgan fingerprint density at radius 2 is 1.80 bits per heavy atom. The molecular formula is C15H32N4O. The highest BCUT2D eigenvalue weighted by Crippen LogP contribution is 2.13. The molecule has 5 nitrogen and oxygen atoms in total. The first-order chi connectivity index (χ1) is 9.32. The second kappa shape index (κ2) is 7.96. The molecule has 2 N–H and O–H groups in total. The van der Waals surface area contributed by atoms with Gasteiger partial charge >= 0.3 is 0 Å². The molecule has 1 heterocycles. The summed E-state index contributed by atoms with van der Waals surface area (Å²) in [6.45, 7) is 7.98. The molecule has 1 aliphatic heterocycles. The number of nitrogens with two attached hydrogens (primary N) is 1. The monoisotopic (exact) mass is 284 g/mol. The second-order valence-corrected chi connectivity index (χ2v) is 6.54. The van der Waals surface area contributed by atoms with Gasteiger partial charge in [-0.25, -0.2) is 0 Å². The normalized spacial score (nSPS) is 19.6. The van der Waals surface area contributed by atoms with E-state index in [2.05, 4.69) is 23.9 Å². The molecule has 1 fully saturated rings. The van der Waals surface area contributed by atoms with Crippen LogP contribution in [0.25, 0.3) is 0 Å². The first-order valence-electron chi connectivity index (χ1n) is 7.72. The van der Waals surface area contributed by atoms with Crippen LogP contribution in [0.5, 0.6) is 0 Å². The summed E-state index contributed by atoms with van der Waals surface area (Å²) in [5, 5.41) is 0. The van der Waals surface area contributed by atoms with Gasteiger partial charge < -0.3 is 20.4 Å². The van der Waals surface area contributed by atoms with Gasteiger partial charge in [0.1, 0.15) is 0 Å². The third-order valence-electron chi connectivity index (χ3n) is 4.48. The molecule has 0 unspecified atom stereocenters. The predicted molar refractivity (Wildman–Crippen MR) is 83.6 cm³/mol. The maximum absolute atomic E-state index is 12.1. The summed E-state index contributed by atoms with van der Waals surface area (Å²) in [6, 6.07) is 0.266. The summed E-state index contributed by atoms with van der Waals surface area (Å²) >= 11 is 0. The quantitative estimate of drug-likeness (QED) is 0.770. The van der Waals surface area contributed by atoms with Crippen LogP contribution in [0.3, 0.4) is 0 Å². The van der Waals surface area contributed by atoms with Crippen molar-refractivity contribution in [3.63, 3.8) is 0 Å². The van der Waals surface area contributed by atoms with Crippen LogP contribution in [-0.4, -0.2) is 80.0 Å². The van der Waals surface area contributed by atoms with Crippen molar-refractivity contribution >= 4 is 5.91 Å². The Morgan fingerprint density at radius 3 is 2.30 bits per heavy atom. The largest absolute Gasteiger partial charge is 0.343 e. The Balaban J connectivity index is 2.33. The molecule has 1 rings (SSSR count). The van der Waals surface area contributed by atoms with Gasteiger partial charge in [-0.15, -0.1) is 0 Å². The molecule has 20 heavy (non-hydrogen) atoms. The van der Waals surface area contributed by atoms with Gasteiger partial charge in [0.25, 0.3) is 0 Å². The number of hydrogen-bond donors (Lipinski definition) is 1. The van der Waals surface area contributed by atoms with E-state index in [9.17, 15) is 4.79 Å². The number of hydrogen-bond acceptors (Lipinski definition) is 4. The van der Waals surface area contributed by atoms with Gasteiger partial charge in [0.15, 0.2) is 0 Å². The summed E-state index contributed by atoms with van der Waals surface area (Å²) in [7, 11) is 6.19. The Hall–Kier alpha value is -0.650. The number of amides is 1. The lowest BCUT2D eigenvalue weighted by molar-refractivity contribution is -0.132. The molecule has 118 valence electrons. The van der Waals surface area contributed by atoms with Crippen LogP contribution in [0.4, 0.5) is 0 Å². The third kappa shape index (κ3) is 5.04. The van der Waals surface area contributed by atoms with E-state index in [1.807, 2.05) is 20.9 Å². The number of carbonyl (C=O) groups excluding carboxylic acids is 1. The number of nitrogens with zero attached hydrogens (tertiary/aromatic N) is 3. The van der Waals surface area contributed by atoms with E-state index in [1.165, 1.54) is 25.9 Å². The van der Waals surface area contributed by atoms with Crippen molar-refractivity contribution in [2.24, 2.45) is 11.7 Å². The van der Waals surface area contributed by atoms with Gasteiger partial charge in [-0.1, -0.05) is 13.8 Å². The molecule has 0 aromatic heterocycles. The molecule has 1 amide bonds. The molecular weight excluding hydrogens is 252 g/mol. The highest BCUT2D eigenvalue weighted by atomic mass is 16.2. The summed E-state index contributed by atoms with van der Waals surface area (Å²) in [5.41, 5.74) is 5.92. The van der Waals surface area contributed by atoms with Crippen molar-refractivity contribution < 1.29 is 4.79 Å². The van der Waals surface area contributed by atoms with Crippen molar-refractivity contribution in [1.29, 1.82) is 0 Å². The van der Waals surface area contributed by atoms with Crippen molar-refractivity contribution in [3.05, 3.63) is 0 Å². The van der Waals surface area contributed by atoms with Gasteiger partial charge in [-0.2, -0.15) is 0 Å². The first-order valence-corrected chi connectivity index (χ1v) is 7.72. The van der Waals surface area contributed by atoms with Gasteiger partial charge in [0, 0.05) is 26.2 Å². The molecule has 0 saturated carbocycles. The standard InChI is InChI=1S/C15H32N4O/c1-12(2)14(16)15(20)19(5)11-10-18(4)13-6-8-17(3)9-7-13/h12-14H,6-11,16H2,1-5H3/t14-/m0/s1. The van der Waals surface area contributed by atoms with Crippen molar-refractivity contribution in [2.75, 3.05) is 47.3 Å². The summed E-state index contributed by atoms with van der Waals surface area (Å²) in [6.07, 6.45) is 2.44. The molecule has 1 saturated heterocycles. The molecule has 0 bridgehead atoms.